The molecule has 0 radical (unpaired) electrons. The van der Waals surface area contributed by atoms with E-state index >= 15 is 0 Å². The van der Waals surface area contributed by atoms with Gasteiger partial charge >= 0.3 is 5.97 Å². The molecule has 8 heteroatoms. The van der Waals surface area contributed by atoms with Crippen LogP contribution in [0.5, 0.6) is 11.5 Å². The van der Waals surface area contributed by atoms with Gasteiger partial charge in [-0.15, -0.1) is 0 Å². The number of benzene rings is 2. The van der Waals surface area contributed by atoms with E-state index in [0.717, 1.165) is 5.56 Å². The number of nitrogens with zero attached hydrogens (tertiary/aromatic N) is 1. The van der Waals surface area contributed by atoms with Crippen molar-refractivity contribution in [1.29, 1.82) is 5.26 Å². The summed E-state index contributed by atoms with van der Waals surface area (Å²) in [4.78, 5) is 12.6. The van der Waals surface area contributed by atoms with Gasteiger partial charge in [-0.05, 0) is 49.2 Å². The molecule has 0 amide bonds. The number of nitrogens with two attached hydrogens (primary N) is 1. The Kier molecular flexibility index (Phi) is 7.00. The van der Waals surface area contributed by atoms with Crippen LogP contribution >= 0.6 is 0 Å². The van der Waals surface area contributed by atoms with Gasteiger partial charge < -0.3 is 24.7 Å². The molecule has 2 aromatic rings. The van der Waals surface area contributed by atoms with E-state index in [1.165, 1.54) is 19.2 Å². The van der Waals surface area contributed by atoms with Crippen LogP contribution in [0, 0.1) is 17.1 Å². The highest BCUT2D eigenvalue weighted by Crippen LogP contribution is 2.42. The topological polar surface area (TPSA) is 104 Å². The van der Waals surface area contributed by atoms with Crippen molar-refractivity contribution < 1.29 is 28.1 Å². The molecule has 1 unspecified atom stereocenters. The van der Waals surface area contributed by atoms with Gasteiger partial charge in [-0.25, -0.2) is 9.18 Å². The standard InChI is InChI=1S/C24H23FN2O5/c1-4-30-24(28)21-14(2)32-23(27)18(12-26)22(21)16-7-10-19(20(11-16)29-3)31-13-15-5-8-17(25)9-6-15/h5-11,22H,4,13,27H2,1-3H3. The summed E-state index contributed by atoms with van der Waals surface area (Å²) in [5.74, 6) is -0.666. The Hall–Kier alpha value is -3.99. The Morgan fingerprint density at radius 1 is 1.22 bits per heavy atom. The second-order valence-electron chi connectivity index (χ2n) is 6.94. The van der Waals surface area contributed by atoms with Gasteiger partial charge in [-0.3, -0.25) is 0 Å². The maximum absolute atomic E-state index is 13.1. The van der Waals surface area contributed by atoms with Gasteiger partial charge in [0.1, 0.15) is 29.8 Å². The highest BCUT2D eigenvalue weighted by atomic mass is 19.1. The van der Waals surface area contributed by atoms with Crippen LogP contribution in [0.3, 0.4) is 0 Å². The fraction of sp³-hybridized carbons (Fsp3) is 0.250. The fourth-order valence-electron chi connectivity index (χ4n) is 3.41. The van der Waals surface area contributed by atoms with Crippen molar-refractivity contribution in [1.82, 2.24) is 0 Å². The zero-order chi connectivity index (χ0) is 23.3. The summed E-state index contributed by atoms with van der Waals surface area (Å²) in [5, 5.41) is 9.69. The van der Waals surface area contributed by atoms with Gasteiger partial charge in [0.25, 0.3) is 0 Å². The number of esters is 1. The Labute approximate surface area is 185 Å². The molecule has 0 saturated heterocycles. The van der Waals surface area contributed by atoms with E-state index in [1.807, 2.05) is 6.07 Å². The molecule has 1 atom stereocenters. The average Bonchev–Trinajstić information content (AvgIpc) is 2.78. The molecule has 0 aliphatic carbocycles. The van der Waals surface area contributed by atoms with E-state index < -0.39 is 11.9 Å². The van der Waals surface area contributed by atoms with Gasteiger partial charge in [-0.2, -0.15) is 5.26 Å². The van der Waals surface area contributed by atoms with Gasteiger partial charge in [0.2, 0.25) is 5.88 Å². The predicted molar refractivity (Wildman–Crippen MR) is 114 cm³/mol. The lowest BCUT2D eigenvalue weighted by molar-refractivity contribution is -0.139. The third kappa shape index (κ3) is 4.67. The van der Waals surface area contributed by atoms with Crippen LogP contribution in [0.4, 0.5) is 4.39 Å². The zero-order valence-corrected chi connectivity index (χ0v) is 18.0. The third-order valence-electron chi connectivity index (χ3n) is 4.93. The van der Waals surface area contributed by atoms with Crippen molar-refractivity contribution >= 4 is 5.97 Å². The van der Waals surface area contributed by atoms with Crippen LogP contribution in [-0.2, 0) is 20.9 Å². The summed E-state index contributed by atoms with van der Waals surface area (Å²) < 4.78 is 35.0. The fourth-order valence-corrected chi connectivity index (χ4v) is 3.41. The minimum absolute atomic E-state index is 0.0707. The lowest BCUT2D eigenvalue weighted by Crippen LogP contribution is -2.25. The van der Waals surface area contributed by atoms with E-state index in [4.69, 9.17) is 24.7 Å². The molecule has 1 aliphatic heterocycles. The van der Waals surface area contributed by atoms with Crippen molar-refractivity contribution in [3.8, 4) is 17.6 Å². The number of methoxy groups -OCH3 is 1. The van der Waals surface area contributed by atoms with E-state index in [-0.39, 0.29) is 41.8 Å². The van der Waals surface area contributed by atoms with Gasteiger partial charge in [0.05, 0.1) is 25.2 Å². The maximum atomic E-state index is 13.1. The van der Waals surface area contributed by atoms with E-state index in [9.17, 15) is 14.4 Å². The lowest BCUT2D eigenvalue weighted by atomic mass is 9.83. The summed E-state index contributed by atoms with van der Waals surface area (Å²) in [6.07, 6.45) is 0. The van der Waals surface area contributed by atoms with Crippen molar-refractivity contribution in [3.63, 3.8) is 0 Å². The number of carbonyl (C=O) groups is 1. The first-order valence-corrected chi connectivity index (χ1v) is 9.90. The SMILES string of the molecule is CCOC(=O)C1=C(C)OC(N)=C(C#N)C1c1ccc(OCc2ccc(F)cc2)c(OC)c1. The average molecular weight is 438 g/mol. The summed E-state index contributed by atoms with van der Waals surface area (Å²) in [6, 6.07) is 13.1. The minimum Gasteiger partial charge on any atom is -0.493 e. The van der Waals surface area contributed by atoms with Crippen LogP contribution in [0.2, 0.25) is 0 Å². The minimum atomic E-state index is -0.784. The van der Waals surface area contributed by atoms with E-state index in [0.29, 0.717) is 17.1 Å². The Bertz CT molecular complexity index is 1120. The zero-order valence-electron chi connectivity index (χ0n) is 18.0. The molecule has 0 spiro atoms. The molecular formula is C24H23FN2O5. The number of hydrogen-bond donors (Lipinski definition) is 1. The molecule has 0 aromatic heterocycles. The Balaban J connectivity index is 1.97. The number of carbonyl (C=O) groups excluding carboxylic acids is 1. The summed E-state index contributed by atoms with van der Waals surface area (Å²) >= 11 is 0. The Morgan fingerprint density at radius 3 is 2.56 bits per heavy atom. The molecule has 2 aromatic carbocycles. The highest BCUT2D eigenvalue weighted by Gasteiger charge is 2.36. The third-order valence-corrected chi connectivity index (χ3v) is 4.93. The van der Waals surface area contributed by atoms with E-state index in [2.05, 4.69) is 0 Å². The first kappa shape index (κ1) is 22.7. The maximum Gasteiger partial charge on any atom is 0.338 e. The summed E-state index contributed by atoms with van der Waals surface area (Å²) in [5.41, 5.74) is 7.59. The second kappa shape index (κ2) is 9.88. The van der Waals surface area contributed by atoms with Crippen LogP contribution in [0.15, 0.2) is 65.3 Å². The van der Waals surface area contributed by atoms with Gasteiger partial charge in [0.15, 0.2) is 11.5 Å². The first-order valence-electron chi connectivity index (χ1n) is 9.90. The molecule has 32 heavy (non-hydrogen) atoms. The van der Waals surface area contributed by atoms with Crippen molar-refractivity contribution in [3.05, 3.63) is 82.2 Å². The van der Waals surface area contributed by atoms with Crippen LogP contribution in [0.25, 0.3) is 0 Å². The molecular weight excluding hydrogens is 415 g/mol. The van der Waals surface area contributed by atoms with Gasteiger partial charge in [-0.1, -0.05) is 18.2 Å². The summed E-state index contributed by atoms with van der Waals surface area (Å²) in [7, 11) is 1.48. The van der Waals surface area contributed by atoms with Crippen molar-refractivity contribution in [2.45, 2.75) is 26.4 Å². The van der Waals surface area contributed by atoms with Crippen molar-refractivity contribution in [2.24, 2.45) is 5.73 Å². The number of ether oxygens (including phenoxy) is 4. The summed E-state index contributed by atoms with van der Waals surface area (Å²) in [6.45, 7) is 3.66. The normalized spacial score (nSPS) is 15.7. The first-order chi connectivity index (χ1) is 15.4. The lowest BCUT2D eigenvalue weighted by Gasteiger charge is -2.27. The quantitative estimate of drug-likeness (QED) is 0.650. The van der Waals surface area contributed by atoms with Crippen LogP contribution < -0.4 is 15.2 Å². The largest absolute Gasteiger partial charge is 0.493 e. The van der Waals surface area contributed by atoms with Crippen LogP contribution in [-0.4, -0.2) is 19.7 Å². The molecule has 0 bridgehead atoms. The number of nitriles is 1. The molecule has 166 valence electrons. The smallest absolute Gasteiger partial charge is 0.338 e. The molecule has 0 fully saturated rings. The molecule has 1 heterocycles. The monoisotopic (exact) mass is 438 g/mol. The van der Waals surface area contributed by atoms with Crippen molar-refractivity contribution in [2.75, 3.05) is 13.7 Å². The highest BCUT2D eigenvalue weighted by molar-refractivity contribution is 5.92. The molecule has 0 saturated carbocycles. The molecule has 3 rings (SSSR count). The number of allylic oxidation sites excluding steroid dienone is 2. The van der Waals surface area contributed by atoms with E-state index in [1.54, 1.807) is 44.2 Å². The number of halogens is 1. The van der Waals surface area contributed by atoms with Gasteiger partial charge in [0, 0.05) is 0 Å². The molecule has 7 nitrogen and oxygen atoms in total. The molecule has 2 N–H and O–H groups in total. The number of hydrogen-bond acceptors (Lipinski definition) is 7. The Morgan fingerprint density at radius 2 is 1.94 bits per heavy atom. The molecule has 1 aliphatic rings. The predicted octanol–water partition coefficient (Wildman–Crippen LogP) is 4.06. The number of rotatable bonds is 7. The van der Waals surface area contributed by atoms with Crippen LogP contribution in [0.1, 0.15) is 30.9 Å². The second-order valence-corrected chi connectivity index (χ2v) is 6.94.